The Kier molecular flexibility index (Phi) is 5.86. The van der Waals surface area contributed by atoms with Gasteiger partial charge in [-0.25, -0.2) is 0 Å². The van der Waals surface area contributed by atoms with Crippen molar-refractivity contribution < 1.29 is 7.58 Å². The van der Waals surface area contributed by atoms with Gasteiger partial charge in [0.05, 0.1) is 0 Å². The first-order chi connectivity index (χ1) is 2.91. The zero-order valence-corrected chi connectivity index (χ0v) is 5.26. The van der Waals surface area contributed by atoms with Crippen LogP contribution in [-0.4, -0.2) is 29.6 Å². The van der Waals surface area contributed by atoms with Crippen LogP contribution in [0.2, 0.25) is 0 Å². The predicted octanol–water partition coefficient (Wildman–Crippen LogP) is 0.204. The van der Waals surface area contributed by atoms with Crippen molar-refractivity contribution in [2.45, 2.75) is 6.92 Å². The minimum absolute atomic E-state index is 0.182. The van der Waals surface area contributed by atoms with Crippen LogP contribution in [0.25, 0.3) is 0 Å². The largest absolute Gasteiger partial charge is 0.668 e. The summed E-state index contributed by atoms with van der Waals surface area (Å²) in [6.07, 6.45) is 0. The molecule has 1 radical (unpaired) electrons. The molecule has 0 aromatic heterocycles. The third-order valence-corrected chi connectivity index (χ3v) is 0.993. The third-order valence-electron chi connectivity index (χ3n) is 0.331. The van der Waals surface area contributed by atoms with E-state index >= 15 is 0 Å². The first kappa shape index (κ1) is 6.45. The van der Waals surface area contributed by atoms with Gasteiger partial charge in [0, 0.05) is 13.7 Å². The second kappa shape index (κ2) is 5.45. The highest BCUT2D eigenvalue weighted by Gasteiger charge is 1.86. The molecule has 0 aliphatic heterocycles. The molecule has 0 aromatic rings. The first-order valence-corrected chi connectivity index (χ1v) is 2.82. The molecule has 0 unspecified atom stereocenters. The topological polar surface area (TPSA) is 18.5 Å². The average molecular weight is 103 g/mol. The summed E-state index contributed by atoms with van der Waals surface area (Å²) in [4.78, 5) is 0. The van der Waals surface area contributed by atoms with Crippen LogP contribution in [0.1, 0.15) is 6.92 Å². The zero-order valence-electron chi connectivity index (χ0n) is 4.10. The first-order valence-electron chi connectivity index (χ1n) is 1.88. The fraction of sp³-hybridized carbons (Fsp3) is 1.00. The van der Waals surface area contributed by atoms with E-state index < -0.39 is 0 Å². The summed E-state index contributed by atoms with van der Waals surface area (Å²) >= 11 is -0.182. The van der Waals surface area contributed by atoms with Gasteiger partial charge in [0.25, 0.3) is 0 Å². The van der Waals surface area contributed by atoms with E-state index in [1.807, 2.05) is 6.92 Å². The lowest BCUT2D eigenvalue weighted by Gasteiger charge is -1.90. The van der Waals surface area contributed by atoms with Gasteiger partial charge in [-0.15, -0.1) is 0 Å². The third kappa shape index (κ3) is 4.45. The zero-order chi connectivity index (χ0) is 4.83. The molecule has 0 N–H and O–H groups in total. The second-order valence-electron chi connectivity index (χ2n) is 0.787. The Morgan fingerprint density at radius 1 is 1.67 bits per heavy atom. The Balaban J connectivity index is 2.34. The second-order valence-corrected chi connectivity index (χ2v) is 1.78. The molecule has 6 heavy (non-hydrogen) atoms. The van der Waals surface area contributed by atoms with Gasteiger partial charge in [-0.1, -0.05) is 0 Å². The molecule has 0 aliphatic carbocycles. The SMILES string of the molecule is CC[O][Al][O]C. The number of hydrogen-bond acceptors (Lipinski definition) is 2. The van der Waals surface area contributed by atoms with Gasteiger partial charge < -0.3 is 7.58 Å². The van der Waals surface area contributed by atoms with Crippen LogP contribution in [-0.2, 0) is 7.58 Å². The summed E-state index contributed by atoms with van der Waals surface area (Å²) in [5.74, 6) is 0. The minimum Gasteiger partial charge on any atom is -0.486 e. The van der Waals surface area contributed by atoms with E-state index in [1.54, 1.807) is 7.11 Å². The fourth-order valence-electron chi connectivity index (χ4n) is 0.136. The van der Waals surface area contributed by atoms with Crippen molar-refractivity contribution in [3.05, 3.63) is 0 Å². The van der Waals surface area contributed by atoms with Crippen LogP contribution in [0, 0.1) is 0 Å². The van der Waals surface area contributed by atoms with Crippen molar-refractivity contribution in [1.82, 2.24) is 0 Å². The van der Waals surface area contributed by atoms with Crippen LogP contribution >= 0.6 is 0 Å². The summed E-state index contributed by atoms with van der Waals surface area (Å²) in [5, 5.41) is 0. The molecule has 0 rings (SSSR count). The molecule has 0 saturated carbocycles. The van der Waals surface area contributed by atoms with Gasteiger partial charge >= 0.3 is 15.9 Å². The lowest BCUT2D eigenvalue weighted by molar-refractivity contribution is 0.269. The van der Waals surface area contributed by atoms with Crippen LogP contribution in [0.15, 0.2) is 0 Å². The molecule has 35 valence electrons. The van der Waals surface area contributed by atoms with Crippen LogP contribution in [0.4, 0.5) is 0 Å². The minimum atomic E-state index is -0.182. The van der Waals surface area contributed by atoms with E-state index in [2.05, 4.69) is 3.79 Å². The molecule has 0 aromatic carbocycles. The van der Waals surface area contributed by atoms with Crippen LogP contribution < -0.4 is 0 Å². The van der Waals surface area contributed by atoms with E-state index in [4.69, 9.17) is 3.79 Å². The number of rotatable bonds is 3. The Morgan fingerprint density at radius 2 is 2.33 bits per heavy atom. The van der Waals surface area contributed by atoms with Crippen molar-refractivity contribution >= 4 is 15.9 Å². The molecule has 0 aliphatic rings. The number of hydrogen-bond donors (Lipinski definition) is 0. The Hall–Kier alpha value is 0.452. The lowest BCUT2D eigenvalue weighted by atomic mass is 10.9. The van der Waals surface area contributed by atoms with E-state index in [0.717, 1.165) is 6.61 Å². The molecular formula is C3H8AlO2. The molecule has 2 nitrogen and oxygen atoms in total. The molecule has 0 heterocycles. The van der Waals surface area contributed by atoms with Gasteiger partial charge in [-0.2, -0.15) is 0 Å². The van der Waals surface area contributed by atoms with Gasteiger partial charge in [0.2, 0.25) is 0 Å². The molecule has 0 fully saturated rings. The quantitative estimate of drug-likeness (QED) is 0.375. The molecule has 0 atom stereocenters. The standard InChI is InChI=1S/C2H5O.CH3O.Al/c1-2-3;1-2;/h2H2,1H3;1H3;/q2*-1;+2. The van der Waals surface area contributed by atoms with E-state index in [-0.39, 0.29) is 15.9 Å². The summed E-state index contributed by atoms with van der Waals surface area (Å²) in [6, 6.07) is 0. The molecule has 0 saturated heterocycles. The highest BCUT2D eigenvalue weighted by atomic mass is 27.2. The molecule has 3 heteroatoms. The maximum atomic E-state index is 4.84. The fourth-order valence-corrected chi connectivity index (χ4v) is 0.408. The summed E-state index contributed by atoms with van der Waals surface area (Å²) in [7, 11) is 1.64. The smallest absolute Gasteiger partial charge is 0.486 e. The molecular weight excluding hydrogens is 95.0 g/mol. The summed E-state index contributed by atoms with van der Waals surface area (Å²) < 4.78 is 9.49. The van der Waals surface area contributed by atoms with Gasteiger partial charge in [-0.3, -0.25) is 0 Å². The Labute approximate surface area is 44.8 Å². The normalized spacial score (nSPS) is 8.33. The molecule has 0 amide bonds. The van der Waals surface area contributed by atoms with Crippen LogP contribution in [0.5, 0.6) is 0 Å². The highest BCUT2D eigenvalue weighted by Crippen LogP contribution is 1.64. The van der Waals surface area contributed by atoms with Gasteiger partial charge in [-0.05, 0) is 6.92 Å². The van der Waals surface area contributed by atoms with Crippen molar-refractivity contribution in [2.24, 2.45) is 0 Å². The summed E-state index contributed by atoms with van der Waals surface area (Å²) in [5.41, 5.74) is 0. The van der Waals surface area contributed by atoms with Crippen molar-refractivity contribution in [1.29, 1.82) is 0 Å². The van der Waals surface area contributed by atoms with Gasteiger partial charge in [0.15, 0.2) is 0 Å². The predicted molar refractivity (Wildman–Crippen MR) is 24.4 cm³/mol. The Morgan fingerprint density at radius 3 is 2.50 bits per heavy atom. The summed E-state index contributed by atoms with van der Waals surface area (Å²) in [6.45, 7) is 2.72. The van der Waals surface area contributed by atoms with E-state index in [9.17, 15) is 0 Å². The highest BCUT2D eigenvalue weighted by molar-refractivity contribution is 6.17. The average Bonchev–Trinajstić information content (AvgIpc) is 1.61. The lowest BCUT2D eigenvalue weighted by Crippen LogP contribution is -1.98. The van der Waals surface area contributed by atoms with Crippen molar-refractivity contribution in [3.63, 3.8) is 0 Å². The van der Waals surface area contributed by atoms with Gasteiger partial charge in [0.1, 0.15) is 0 Å². The maximum Gasteiger partial charge on any atom is 0.668 e. The Bertz CT molecular complexity index is 20.8. The van der Waals surface area contributed by atoms with E-state index in [1.165, 1.54) is 0 Å². The molecule has 0 spiro atoms. The maximum absolute atomic E-state index is 4.84. The van der Waals surface area contributed by atoms with Crippen molar-refractivity contribution in [3.8, 4) is 0 Å². The monoisotopic (exact) mass is 103 g/mol. The van der Waals surface area contributed by atoms with Crippen molar-refractivity contribution in [2.75, 3.05) is 13.7 Å². The van der Waals surface area contributed by atoms with E-state index in [0.29, 0.717) is 0 Å². The molecule has 0 bridgehead atoms. The van der Waals surface area contributed by atoms with Crippen LogP contribution in [0.3, 0.4) is 0 Å².